The molecular weight excluding hydrogens is 315 g/mol. The molecule has 1 atom stereocenters. The van der Waals surface area contributed by atoms with Gasteiger partial charge >= 0.3 is 0 Å². The van der Waals surface area contributed by atoms with E-state index in [4.69, 9.17) is 23.2 Å². The number of halogens is 2. The Balaban J connectivity index is 1.81. The Hall–Kier alpha value is -0.780. The fraction of sp³-hybridized carbons (Fsp3) is 0.462. The fourth-order valence-corrected chi connectivity index (χ4v) is 3.81. The first-order valence-corrected chi connectivity index (χ1v) is 8.08. The van der Waals surface area contributed by atoms with Crippen molar-refractivity contribution < 1.29 is 0 Å². The molecule has 1 aliphatic carbocycles. The van der Waals surface area contributed by atoms with Gasteiger partial charge in [0, 0.05) is 11.7 Å². The van der Waals surface area contributed by atoms with Gasteiger partial charge in [0.15, 0.2) is 0 Å². The van der Waals surface area contributed by atoms with Gasteiger partial charge in [-0.05, 0) is 47.9 Å². The number of alkyl halides is 2. The highest BCUT2D eigenvalue weighted by Gasteiger charge is 2.51. The van der Waals surface area contributed by atoms with Gasteiger partial charge in [-0.25, -0.2) is 0 Å². The summed E-state index contributed by atoms with van der Waals surface area (Å²) in [4.78, 5) is 0. The first kappa shape index (κ1) is 14.2. The van der Waals surface area contributed by atoms with Crippen molar-refractivity contribution in [3.63, 3.8) is 0 Å². The van der Waals surface area contributed by atoms with Gasteiger partial charge in [0.2, 0.25) is 5.16 Å². The number of aromatic nitrogens is 4. The molecule has 0 aliphatic heterocycles. The molecule has 0 saturated heterocycles. The van der Waals surface area contributed by atoms with Crippen molar-refractivity contribution in [2.75, 3.05) is 5.75 Å². The summed E-state index contributed by atoms with van der Waals surface area (Å²) in [6, 6.07) is 6.24. The smallest absolute Gasteiger partial charge is 0.187 e. The van der Waals surface area contributed by atoms with Gasteiger partial charge < -0.3 is 0 Å². The van der Waals surface area contributed by atoms with Crippen LogP contribution in [0.1, 0.15) is 17.5 Å². The number of nitrogens with zero attached hydrogens (tertiary/aromatic N) is 4. The number of tetrazole rings is 1. The third-order valence-corrected chi connectivity index (χ3v) is 5.41. The van der Waals surface area contributed by atoms with E-state index in [-0.39, 0.29) is 0 Å². The maximum absolute atomic E-state index is 6.04. The second-order valence-electron chi connectivity index (χ2n) is 5.14. The molecule has 1 aromatic heterocycles. The predicted molar refractivity (Wildman–Crippen MR) is 81.9 cm³/mol. The van der Waals surface area contributed by atoms with Crippen LogP contribution in [0, 0.1) is 19.8 Å². The van der Waals surface area contributed by atoms with E-state index in [2.05, 4.69) is 40.6 Å². The van der Waals surface area contributed by atoms with Gasteiger partial charge in [-0.1, -0.05) is 23.9 Å². The lowest BCUT2D eigenvalue weighted by molar-refractivity contribution is 0.750. The molecule has 0 unspecified atom stereocenters. The van der Waals surface area contributed by atoms with E-state index in [1.807, 2.05) is 6.92 Å². The summed E-state index contributed by atoms with van der Waals surface area (Å²) in [7, 11) is 0. The molecule has 1 heterocycles. The number of benzene rings is 1. The zero-order chi connectivity index (χ0) is 14.3. The second-order valence-corrected chi connectivity index (χ2v) is 7.67. The topological polar surface area (TPSA) is 43.6 Å². The average Bonchev–Trinajstić information content (AvgIpc) is 2.82. The van der Waals surface area contributed by atoms with Crippen LogP contribution in [-0.2, 0) is 0 Å². The Morgan fingerprint density at radius 2 is 2.15 bits per heavy atom. The van der Waals surface area contributed by atoms with Gasteiger partial charge in [0.05, 0.1) is 5.69 Å². The van der Waals surface area contributed by atoms with E-state index in [0.717, 1.165) is 28.6 Å². The van der Waals surface area contributed by atoms with Crippen molar-refractivity contribution in [1.82, 2.24) is 20.2 Å². The summed E-state index contributed by atoms with van der Waals surface area (Å²) in [6.07, 6.45) is 0.841. The molecule has 7 heteroatoms. The molecule has 20 heavy (non-hydrogen) atoms. The van der Waals surface area contributed by atoms with E-state index in [0.29, 0.717) is 5.92 Å². The first-order chi connectivity index (χ1) is 9.47. The van der Waals surface area contributed by atoms with Crippen LogP contribution in [0.4, 0.5) is 0 Å². The predicted octanol–water partition coefficient (Wildman–Crippen LogP) is 3.57. The molecule has 2 aromatic rings. The van der Waals surface area contributed by atoms with E-state index >= 15 is 0 Å². The molecule has 0 N–H and O–H groups in total. The van der Waals surface area contributed by atoms with Gasteiger partial charge in [0.1, 0.15) is 4.33 Å². The summed E-state index contributed by atoms with van der Waals surface area (Å²) in [5.41, 5.74) is 3.33. The Morgan fingerprint density at radius 1 is 1.40 bits per heavy atom. The van der Waals surface area contributed by atoms with Gasteiger partial charge in [-0.3, -0.25) is 0 Å². The average molecular weight is 329 g/mol. The van der Waals surface area contributed by atoms with E-state index in [9.17, 15) is 0 Å². The quantitative estimate of drug-likeness (QED) is 0.635. The lowest BCUT2D eigenvalue weighted by Gasteiger charge is -2.08. The summed E-state index contributed by atoms with van der Waals surface area (Å²) in [5.74, 6) is 1.15. The summed E-state index contributed by atoms with van der Waals surface area (Å²) < 4.78 is 1.23. The third-order valence-electron chi connectivity index (χ3n) is 3.40. The Morgan fingerprint density at radius 3 is 2.85 bits per heavy atom. The maximum atomic E-state index is 6.04. The SMILES string of the molecule is Cc1ccc(C)c(-n2nnnc2SC[C@H]2CC2(Cl)Cl)c1. The summed E-state index contributed by atoms with van der Waals surface area (Å²) in [6.45, 7) is 4.11. The van der Waals surface area contributed by atoms with Crippen LogP contribution >= 0.6 is 35.0 Å². The van der Waals surface area contributed by atoms with E-state index < -0.39 is 4.33 Å². The second kappa shape index (κ2) is 5.20. The van der Waals surface area contributed by atoms with Crippen molar-refractivity contribution in [3.05, 3.63) is 29.3 Å². The number of thioether (sulfide) groups is 1. The molecule has 1 fully saturated rings. The van der Waals surface area contributed by atoms with Crippen molar-refractivity contribution in [3.8, 4) is 5.69 Å². The highest BCUT2D eigenvalue weighted by Crippen LogP contribution is 2.54. The fourth-order valence-electron chi connectivity index (χ4n) is 1.99. The molecule has 1 aromatic carbocycles. The molecule has 1 saturated carbocycles. The minimum Gasteiger partial charge on any atom is -0.187 e. The van der Waals surface area contributed by atoms with Crippen molar-refractivity contribution in [2.24, 2.45) is 5.92 Å². The first-order valence-electron chi connectivity index (χ1n) is 6.34. The molecule has 3 rings (SSSR count). The third kappa shape index (κ3) is 2.80. The summed E-state index contributed by atoms with van der Waals surface area (Å²) in [5, 5.41) is 12.7. The van der Waals surface area contributed by atoms with Gasteiger partial charge in [-0.15, -0.1) is 28.3 Å². The number of hydrogen-bond donors (Lipinski definition) is 0. The van der Waals surface area contributed by atoms with Crippen molar-refractivity contribution in [2.45, 2.75) is 29.8 Å². The lowest BCUT2D eigenvalue weighted by atomic mass is 10.1. The molecule has 106 valence electrons. The highest BCUT2D eigenvalue weighted by atomic mass is 35.5. The monoisotopic (exact) mass is 328 g/mol. The van der Waals surface area contributed by atoms with Crippen LogP contribution < -0.4 is 0 Å². The van der Waals surface area contributed by atoms with Crippen LogP contribution in [0.2, 0.25) is 0 Å². The minimum atomic E-state index is -0.551. The zero-order valence-electron chi connectivity index (χ0n) is 11.2. The summed E-state index contributed by atoms with van der Waals surface area (Å²) >= 11 is 13.7. The maximum Gasteiger partial charge on any atom is 0.214 e. The van der Waals surface area contributed by atoms with Crippen LogP contribution in [-0.4, -0.2) is 30.3 Å². The standard InChI is InChI=1S/C13H14Cl2N4S/c1-8-3-4-9(2)11(5-8)19-12(16-17-18-19)20-7-10-6-13(10,14)15/h3-5,10H,6-7H2,1-2H3/t10-/m1/s1. The zero-order valence-corrected chi connectivity index (χ0v) is 13.5. The van der Waals surface area contributed by atoms with Crippen LogP contribution in [0.5, 0.6) is 0 Å². The molecule has 1 aliphatic rings. The van der Waals surface area contributed by atoms with Gasteiger partial charge in [-0.2, -0.15) is 4.68 Å². The molecule has 0 bridgehead atoms. The lowest BCUT2D eigenvalue weighted by Crippen LogP contribution is -2.03. The van der Waals surface area contributed by atoms with Gasteiger partial charge in [0.25, 0.3) is 0 Å². The number of aryl methyl sites for hydroxylation is 2. The Kier molecular flexibility index (Phi) is 3.69. The largest absolute Gasteiger partial charge is 0.214 e. The Labute approximate surface area is 131 Å². The van der Waals surface area contributed by atoms with E-state index in [1.165, 1.54) is 5.56 Å². The van der Waals surface area contributed by atoms with Crippen molar-refractivity contribution in [1.29, 1.82) is 0 Å². The van der Waals surface area contributed by atoms with E-state index in [1.54, 1.807) is 16.4 Å². The van der Waals surface area contributed by atoms with Crippen LogP contribution in [0.25, 0.3) is 5.69 Å². The molecule has 4 nitrogen and oxygen atoms in total. The normalized spacial score (nSPS) is 20.1. The Bertz CT molecular complexity index is 641. The molecule has 0 spiro atoms. The highest BCUT2D eigenvalue weighted by molar-refractivity contribution is 7.99. The van der Waals surface area contributed by atoms with Crippen LogP contribution in [0.15, 0.2) is 23.4 Å². The molecule has 0 amide bonds. The molecule has 0 radical (unpaired) electrons. The minimum absolute atomic E-state index is 0.319. The van der Waals surface area contributed by atoms with Crippen molar-refractivity contribution >= 4 is 35.0 Å². The number of hydrogen-bond acceptors (Lipinski definition) is 4. The molecular formula is C13H14Cl2N4S. The number of rotatable bonds is 4. The van der Waals surface area contributed by atoms with Crippen LogP contribution in [0.3, 0.4) is 0 Å².